The Bertz CT molecular complexity index is 547. The van der Waals surface area contributed by atoms with Crippen LogP contribution in [0.3, 0.4) is 0 Å². The average molecular weight is 244 g/mol. The lowest BCUT2D eigenvalue weighted by Crippen LogP contribution is -3.12. The van der Waals surface area contributed by atoms with Crippen molar-refractivity contribution in [2.75, 3.05) is 26.3 Å². The molecule has 0 saturated carbocycles. The van der Waals surface area contributed by atoms with Gasteiger partial charge < -0.3 is 14.7 Å². The number of rotatable bonds is 2. The Morgan fingerprint density at radius 2 is 1.83 bits per heavy atom. The Balaban J connectivity index is 1.89. The van der Waals surface area contributed by atoms with Crippen molar-refractivity contribution in [2.24, 2.45) is 0 Å². The van der Waals surface area contributed by atoms with E-state index in [1.807, 2.05) is 30.3 Å². The van der Waals surface area contributed by atoms with E-state index in [0.29, 0.717) is 5.75 Å². The van der Waals surface area contributed by atoms with E-state index in [1.54, 1.807) is 0 Å². The summed E-state index contributed by atoms with van der Waals surface area (Å²) in [4.78, 5) is 1.48. The SMILES string of the molecule is Oc1c(C[NH+]2CCOCC2)ccc2ccccc12. The Morgan fingerprint density at radius 3 is 2.67 bits per heavy atom. The van der Waals surface area contributed by atoms with Gasteiger partial charge in [0.25, 0.3) is 0 Å². The molecule has 1 aliphatic rings. The van der Waals surface area contributed by atoms with Crippen LogP contribution in [-0.2, 0) is 11.3 Å². The van der Waals surface area contributed by atoms with Gasteiger partial charge in [-0.3, -0.25) is 0 Å². The molecule has 0 aromatic heterocycles. The van der Waals surface area contributed by atoms with Crippen LogP contribution >= 0.6 is 0 Å². The number of phenolic OH excluding ortho intramolecular Hbond substituents is 1. The fourth-order valence-corrected chi connectivity index (χ4v) is 2.55. The normalized spacial score (nSPS) is 17.1. The Morgan fingerprint density at radius 1 is 1.06 bits per heavy atom. The third-order valence-corrected chi connectivity index (χ3v) is 3.62. The molecule has 94 valence electrons. The topological polar surface area (TPSA) is 33.9 Å². The first-order valence-corrected chi connectivity index (χ1v) is 6.45. The highest BCUT2D eigenvalue weighted by Gasteiger charge is 2.16. The number of hydrogen-bond donors (Lipinski definition) is 2. The molecule has 18 heavy (non-hydrogen) atoms. The Labute approximate surface area is 107 Å². The van der Waals surface area contributed by atoms with Gasteiger partial charge in [0.2, 0.25) is 0 Å². The molecule has 0 bridgehead atoms. The minimum absolute atomic E-state index is 0.437. The number of phenols is 1. The van der Waals surface area contributed by atoms with E-state index in [2.05, 4.69) is 6.07 Å². The molecule has 2 aromatic carbocycles. The largest absolute Gasteiger partial charge is 0.507 e. The van der Waals surface area contributed by atoms with Crippen molar-refractivity contribution in [1.82, 2.24) is 0 Å². The van der Waals surface area contributed by atoms with Gasteiger partial charge in [0.05, 0.1) is 13.2 Å². The Kier molecular flexibility index (Phi) is 3.17. The van der Waals surface area contributed by atoms with E-state index in [4.69, 9.17) is 4.74 Å². The van der Waals surface area contributed by atoms with E-state index >= 15 is 0 Å². The average Bonchev–Trinajstić information content (AvgIpc) is 2.43. The quantitative estimate of drug-likeness (QED) is 0.825. The summed E-state index contributed by atoms with van der Waals surface area (Å²) in [5.41, 5.74) is 1.03. The van der Waals surface area contributed by atoms with E-state index in [0.717, 1.165) is 49.2 Å². The number of benzene rings is 2. The summed E-state index contributed by atoms with van der Waals surface area (Å²) in [6, 6.07) is 12.1. The molecular formula is C15H18NO2+. The van der Waals surface area contributed by atoms with Crippen LogP contribution in [0.4, 0.5) is 0 Å². The number of nitrogens with one attached hydrogen (secondary N) is 1. The lowest BCUT2D eigenvalue weighted by molar-refractivity contribution is -0.921. The molecule has 0 atom stereocenters. The van der Waals surface area contributed by atoms with Crippen molar-refractivity contribution >= 4 is 10.8 Å². The van der Waals surface area contributed by atoms with Crippen LogP contribution < -0.4 is 4.90 Å². The Hall–Kier alpha value is -1.58. The summed E-state index contributed by atoms with van der Waals surface area (Å²) in [5, 5.41) is 12.4. The molecule has 0 spiro atoms. The van der Waals surface area contributed by atoms with Crippen LogP contribution in [0, 0.1) is 0 Å². The van der Waals surface area contributed by atoms with Crippen molar-refractivity contribution < 1.29 is 14.7 Å². The molecular weight excluding hydrogens is 226 g/mol. The maximum atomic E-state index is 10.3. The molecule has 1 heterocycles. The summed E-state index contributed by atoms with van der Waals surface area (Å²) < 4.78 is 5.35. The van der Waals surface area contributed by atoms with Gasteiger partial charge in [-0.15, -0.1) is 0 Å². The lowest BCUT2D eigenvalue weighted by Gasteiger charge is -2.24. The molecule has 1 saturated heterocycles. The van der Waals surface area contributed by atoms with E-state index in [1.165, 1.54) is 4.90 Å². The summed E-state index contributed by atoms with van der Waals surface area (Å²) in [6.07, 6.45) is 0. The highest BCUT2D eigenvalue weighted by Crippen LogP contribution is 2.27. The van der Waals surface area contributed by atoms with Crippen molar-refractivity contribution in [1.29, 1.82) is 0 Å². The summed E-state index contributed by atoms with van der Waals surface area (Å²) >= 11 is 0. The number of fused-ring (bicyclic) bond motifs is 1. The first kappa shape index (κ1) is 11.5. The van der Waals surface area contributed by atoms with Crippen molar-refractivity contribution in [3.05, 3.63) is 42.0 Å². The second-order valence-electron chi connectivity index (χ2n) is 4.83. The third-order valence-electron chi connectivity index (χ3n) is 3.62. The van der Waals surface area contributed by atoms with Gasteiger partial charge in [0.15, 0.2) is 0 Å². The van der Waals surface area contributed by atoms with Crippen LogP contribution in [0.1, 0.15) is 5.56 Å². The van der Waals surface area contributed by atoms with Crippen molar-refractivity contribution in [2.45, 2.75) is 6.54 Å². The van der Waals surface area contributed by atoms with Crippen LogP contribution in [0.5, 0.6) is 5.75 Å². The van der Waals surface area contributed by atoms with Gasteiger partial charge >= 0.3 is 0 Å². The van der Waals surface area contributed by atoms with Crippen molar-refractivity contribution in [3.8, 4) is 5.75 Å². The number of ether oxygens (including phenoxy) is 1. The highest BCUT2D eigenvalue weighted by atomic mass is 16.5. The van der Waals surface area contributed by atoms with Gasteiger partial charge in [-0.25, -0.2) is 0 Å². The predicted octanol–water partition coefficient (Wildman–Crippen LogP) is 0.961. The number of hydrogen-bond acceptors (Lipinski definition) is 2. The molecule has 0 aliphatic carbocycles. The molecule has 0 amide bonds. The van der Waals surface area contributed by atoms with Gasteiger partial charge in [-0.1, -0.05) is 30.3 Å². The number of morpholine rings is 1. The number of quaternary nitrogens is 1. The van der Waals surface area contributed by atoms with E-state index in [9.17, 15) is 5.11 Å². The number of aromatic hydroxyl groups is 1. The van der Waals surface area contributed by atoms with Gasteiger partial charge in [0, 0.05) is 10.9 Å². The highest BCUT2D eigenvalue weighted by molar-refractivity contribution is 5.89. The van der Waals surface area contributed by atoms with Gasteiger partial charge in [-0.2, -0.15) is 0 Å². The van der Waals surface area contributed by atoms with Crippen LogP contribution in [0.2, 0.25) is 0 Å². The molecule has 2 N–H and O–H groups in total. The molecule has 2 aromatic rings. The maximum Gasteiger partial charge on any atom is 0.132 e. The fraction of sp³-hybridized carbons (Fsp3) is 0.333. The van der Waals surface area contributed by atoms with Gasteiger partial charge in [0.1, 0.15) is 25.4 Å². The van der Waals surface area contributed by atoms with Crippen LogP contribution in [-0.4, -0.2) is 31.4 Å². The molecule has 1 aliphatic heterocycles. The molecule has 3 nitrogen and oxygen atoms in total. The van der Waals surface area contributed by atoms with Crippen LogP contribution in [0.15, 0.2) is 36.4 Å². The second kappa shape index (κ2) is 4.96. The fourth-order valence-electron chi connectivity index (χ4n) is 2.55. The van der Waals surface area contributed by atoms with Crippen molar-refractivity contribution in [3.63, 3.8) is 0 Å². The summed E-state index contributed by atoms with van der Waals surface area (Å²) in [5.74, 6) is 0.437. The molecule has 0 radical (unpaired) electrons. The molecule has 0 unspecified atom stereocenters. The maximum absolute atomic E-state index is 10.3. The summed E-state index contributed by atoms with van der Waals surface area (Å²) in [6.45, 7) is 4.56. The standard InChI is InChI=1S/C15H17NO2/c17-15-13(11-16-7-9-18-10-8-16)6-5-12-3-1-2-4-14(12)15/h1-6,17H,7-11H2/p+1. The van der Waals surface area contributed by atoms with Gasteiger partial charge in [-0.05, 0) is 11.5 Å². The first-order valence-electron chi connectivity index (χ1n) is 6.45. The second-order valence-corrected chi connectivity index (χ2v) is 4.83. The van der Waals surface area contributed by atoms with E-state index in [-0.39, 0.29) is 0 Å². The molecule has 3 rings (SSSR count). The minimum Gasteiger partial charge on any atom is -0.507 e. The third kappa shape index (κ3) is 2.19. The zero-order valence-corrected chi connectivity index (χ0v) is 10.4. The predicted molar refractivity (Wildman–Crippen MR) is 70.8 cm³/mol. The summed E-state index contributed by atoms with van der Waals surface area (Å²) in [7, 11) is 0. The molecule has 3 heteroatoms. The zero-order valence-electron chi connectivity index (χ0n) is 10.4. The van der Waals surface area contributed by atoms with E-state index < -0.39 is 0 Å². The zero-order chi connectivity index (χ0) is 12.4. The molecule has 1 fully saturated rings. The van der Waals surface area contributed by atoms with Crippen LogP contribution in [0.25, 0.3) is 10.8 Å². The smallest absolute Gasteiger partial charge is 0.132 e. The minimum atomic E-state index is 0.437. The monoisotopic (exact) mass is 244 g/mol. The lowest BCUT2D eigenvalue weighted by atomic mass is 10.0. The first-order chi connectivity index (χ1) is 8.84.